The summed E-state index contributed by atoms with van der Waals surface area (Å²) in [7, 11) is -3.68. The van der Waals surface area contributed by atoms with Crippen LogP contribution in [-0.4, -0.2) is 43.4 Å². The van der Waals surface area contributed by atoms with Crippen LogP contribution >= 0.6 is 0 Å². The fraction of sp³-hybridized carbons (Fsp3) is 0.273. The van der Waals surface area contributed by atoms with E-state index in [1.54, 1.807) is 0 Å². The SMILES string of the molecule is CS(=O)(=O)N(CCC(=O)O)c1cccc(C(=O)O)c1. The first kappa shape index (κ1) is 15.0. The van der Waals surface area contributed by atoms with Gasteiger partial charge in [-0.3, -0.25) is 9.10 Å². The monoisotopic (exact) mass is 287 g/mol. The summed E-state index contributed by atoms with van der Waals surface area (Å²) in [5, 5.41) is 17.5. The maximum atomic E-state index is 11.6. The summed E-state index contributed by atoms with van der Waals surface area (Å²) >= 11 is 0. The van der Waals surface area contributed by atoms with Gasteiger partial charge in [-0.1, -0.05) is 6.07 Å². The molecule has 0 aromatic heterocycles. The molecule has 1 rings (SSSR count). The van der Waals surface area contributed by atoms with E-state index in [-0.39, 0.29) is 24.2 Å². The highest BCUT2D eigenvalue weighted by molar-refractivity contribution is 7.92. The van der Waals surface area contributed by atoms with E-state index in [9.17, 15) is 18.0 Å². The number of sulfonamides is 1. The molecule has 0 aliphatic rings. The minimum Gasteiger partial charge on any atom is -0.481 e. The van der Waals surface area contributed by atoms with Crippen LogP contribution in [-0.2, 0) is 14.8 Å². The Morgan fingerprint density at radius 2 is 1.89 bits per heavy atom. The summed E-state index contributed by atoms with van der Waals surface area (Å²) in [5.41, 5.74) is 0.0603. The fourth-order valence-corrected chi connectivity index (χ4v) is 2.40. The van der Waals surface area contributed by atoms with E-state index in [1.165, 1.54) is 24.3 Å². The molecule has 1 aromatic carbocycles. The molecule has 0 bridgehead atoms. The van der Waals surface area contributed by atoms with Gasteiger partial charge in [-0.15, -0.1) is 0 Å². The Hall–Kier alpha value is -2.09. The molecule has 0 saturated heterocycles. The van der Waals surface area contributed by atoms with Crippen molar-refractivity contribution in [2.45, 2.75) is 6.42 Å². The lowest BCUT2D eigenvalue weighted by Crippen LogP contribution is -2.32. The summed E-state index contributed by atoms with van der Waals surface area (Å²) in [6.07, 6.45) is 0.562. The van der Waals surface area contributed by atoms with Crippen LogP contribution in [0, 0.1) is 0 Å². The third-order valence-electron chi connectivity index (χ3n) is 2.31. The Kier molecular flexibility index (Phi) is 4.49. The predicted molar refractivity (Wildman–Crippen MR) is 67.8 cm³/mol. The Labute approximate surface area is 110 Å². The highest BCUT2D eigenvalue weighted by Gasteiger charge is 2.19. The predicted octanol–water partition coefficient (Wildman–Crippen LogP) is 0.625. The van der Waals surface area contributed by atoms with Crippen LogP contribution < -0.4 is 4.31 Å². The molecule has 0 fully saturated rings. The molecule has 0 radical (unpaired) electrons. The lowest BCUT2D eigenvalue weighted by molar-refractivity contribution is -0.136. The number of carbonyl (C=O) groups is 2. The number of hydrogen-bond acceptors (Lipinski definition) is 4. The molecule has 2 N–H and O–H groups in total. The summed E-state index contributed by atoms with van der Waals surface area (Å²) in [6, 6.07) is 5.32. The number of carboxylic acids is 2. The maximum Gasteiger partial charge on any atom is 0.335 e. The average Bonchev–Trinajstić information content (AvgIpc) is 2.27. The first-order valence-electron chi connectivity index (χ1n) is 5.24. The van der Waals surface area contributed by atoms with Crippen molar-refractivity contribution in [2.75, 3.05) is 17.1 Å². The van der Waals surface area contributed by atoms with Crippen molar-refractivity contribution in [2.24, 2.45) is 0 Å². The molecular weight excluding hydrogens is 274 g/mol. The molecule has 0 spiro atoms. The minimum absolute atomic E-state index is 0.0681. The van der Waals surface area contributed by atoms with Crippen molar-refractivity contribution < 1.29 is 28.2 Å². The summed E-state index contributed by atoms with van der Waals surface area (Å²) < 4.78 is 24.1. The normalized spacial score (nSPS) is 11.0. The van der Waals surface area contributed by atoms with Gasteiger partial charge in [-0.2, -0.15) is 0 Å². The number of aromatic carboxylic acids is 1. The molecule has 0 aliphatic carbocycles. The van der Waals surface area contributed by atoms with Crippen LogP contribution in [0.1, 0.15) is 16.8 Å². The van der Waals surface area contributed by atoms with E-state index in [4.69, 9.17) is 10.2 Å². The summed E-state index contributed by atoms with van der Waals surface area (Å²) in [6.45, 7) is -0.253. The minimum atomic E-state index is -3.68. The third-order valence-corrected chi connectivity index (χ3v) is 3.50. The molecule has 0 amide bonds. The fourth-order valence-electron chi connectivity index (χ4n) is 1.48. The molecular formula is C11H13NO6S. The van der Waals surface area contributed by atoms with E-state index < -0.39 is 22.0 Å². The van der Waals surface area contributed by atoms with Crippen molar-refractivity contribution >= 4 is 27.6 Å². The van der Waals surface area contributed by atoms with Crippen LogP contribution in [0.25, 0.3) is 0 Å². The lowest BCUT2D eigenvalue weighted by atomic mass is 10.2. The van der Waals surface area contributed by atoms with Crippen LogP contribution in [0.2, 0.25) is 0 Å². The first-order valence-corrected chi connectivity index (χ1v) is 7.09. The van der Waals surface area contributed by atoms with Crippen molar-refractivity contribution in [3.63, 3.8) is 0 Å². The number of hydrogen-bond donors (Lipinski definition) is 2. The Balaban J connectivity index is 3.14. The average molecular weight is 287 g/mol. The van der Waals surface area contributed by atoms with Gasteiger partial charge in [0.15, 0.2) is 0 Å². The number of aliphatic carboxylic acids is 1. The van der Waals surface area contributed by atoms with Crippen LogP contribution in [0.3, 0.4) is 0 Å². The number of rotatable bonds is 6. The van der Waals surface area contributed by atoms with Gasteiger partial charge >= 0.3 is 11.9 Å². The smallest absolute Gasteiger partial charge is 0.335 e. The number of carboxylic acid groups (broad SMARTS) is 2. The zero-order valence-electron chi connectivity index (χ0n) is 10.1. The third kappa shape index (κ3) is 4.25. The number of anilines is 1. The highest BCUT2D eigenvalue weighted by atomic mass is 32.2. The van der Waals surface area contributed by atoms with Crippen molar-refractivity contribution in [1.82, 2.24) is 0 Å². The number of benzene rings is 1. The molecule has 8 heteroatoms. The van der Waals surface area contributed by atoms with Crippen molar-refractivity contribution in [1.29, 1.82) is 0 Å². The van der Waals surface area contributed by atoms with Crippen molar-refractivity contribution in [3.8, 4) is 0 Å². The van der Waals surface area contributed by atoms with Gasteiger partial charge in [0, 0.05) is 6.54 Å². The van der Waals surface area contributed by atoms with Crippen LogP contribution in [0.5, 0.6) is 0 Å². The Morgan fingerprint density at radius 3 is 2.37 bits per heavy atom. The zero-order chi connectivity index (χ0) is 14.6. The second kappa shape index (κ2) is 5.70. The topological polar surface area (TPSA) is 112 Å². The van der Waals surface area contributed by atoms with E-state index in [2.05, 4.69) is 0 Å². The van der Waals surface area contributed by atoms with Gasteiger partial charge < -0.3 is 10.2 Å². The molecule has 104 valence electrons. The van der Waals surface area contributed by atoms with Crippen molar-refractivity contribution in [3.05, 3.63) is 29.8 Å². The van der Waals surface area contributed by atoms with Gasteiger partial charge in [0.2, 0.25) is 10.0 Å². The molecule has 7 nitrogen and oxygen atoms in total. The molecule has 1 aromatic rings. The van der Waals surface area contributed by atoms with Crippen LogP contribution in [0.15, 0.2) is 24.3 Å². The van der Waals surface area contributed by atoms with Gasteiger partial charge in [-0.05, 0) is 18.2 Å². The molecule has 0 heterocycles. The molecule has 0 atom stereocenters. The zero-order valence-corrected chi connectivity index (χ0v) is 10.9. The first-order chi connectivity index (χ1) is 8.71. The maximum absolute atomic E-state index is 11.6. The standard InChI is InChI=1S/C11H13NO6S/c1-19(17,18)12(6-5-10(13)14)9-4-2-3-8(7-9)11(15)16/h2-4,7H,5-6H2,1H3,(H,13,14)(H,15,16). The Morgan fingerprint density at radius 1 is 1.26 bits per heavy atom. The molecule has 0 unspecified atom stereocenters. The van der Waals surface area contributed by atoms with Gasteiger partial charge in [0.1, 0.15) is 0 Å². The van der Waals surface area contributed by atoms with E-state index in [0.717, 1.165) is 10.6 Å². The second-order valence-corrected chi connectivity index (χ2v) is 5.74. The molecule has 0 saturated carbocycles. The summed E-state index contributed by atoms with van der Waals surface area (Å²) in [5.74, 6) is -2.32. The van der Waals surface area contributed by atoms with E-state index in [1.807, 2.05) is 0 Å². The summed E-state index contributed by atoms with van der Waals surface area (Å²) in [4.78, 5) is 21.4. The van der Waals surface area contributed by atoms with Gasteiger partial charge in [-0.25, -0.2) is 13.2 Å². The largest absolute Gasteiger partial charge is 0.481 e. The van der Waals surface area contributed by atoms with Crippen LogP contribution in [0.4, 0.5) is 5.69 Å². The second-order valence-electron chi connectivity index (χ2n) is 3.83. The highest BCUT2D eigenvalue weighted by Crippen LogP contribution is 2.19. The molecule has 0 aliphatic heterocycles. The van der Waals surface area contributed by atoms with Gasteiger partial charge in [0.25, 0.3) is 0 Å². The Bertz CT molecular complexity index is 595. The van der Waals surface area contributed by atoms with E-state index >= 15 is 0 Å². The quantitative estimate of drug-likeness (QED) is 0.793. The molecule has 19 heavy (non-hydrogen) atoms. The lowest BCUT2D eigenvalue weighted by Gasteiger charge is -2.21. The number of nitrogens with zero attached hydrogens (tertiary/aromatic N) is 1. The van der Waals surface area contributed by atoms with Gasteiger partial charge in [0.05, 0.1) is 23.9 Å². The van der Waals surface area contributed by atoms with E-state index in [0.29, 0.717) is 0 Å².